The molecule has 1 aliphatic rings. The summed E-state index contributed by atoms with van der Waals surface area (Å²) in [5, 5.41) is 15.2. The highest BCUT2D eigenvalue weighted by Gasteiger charge is 2.57. The number of hydrogen-bond acceptors (Lipinski definition) is 11. The smallest absolute Gasteiger partial charge is 0.459 e. The lowest BCUT2D eigenvalue weighted by atomic mass is 9.99. The topological polar surface area (TPSA) is 150 Å². The molecule has 2 aromatic carbocycles. The van der Waals surface area contributed by atoms with Gasteiger partial charge in [0.15, 0.2) is 29.4 Å². The van der Waals surface area contributed by atoms with Crippen molar-refractivity contribution >= 4 is 53.1 Å². The molecule has 16 heteroatoms. The van der Waals surface area contributed by atoms with Crippen LogP contribution >= 0.6 is 19.3 Å². The third kappa shape index (κ3) is 6.69. The molecule has 0 unspecified atom stereocenters. The molecule has 3 heterocycles. The van der Waals surface area contributed by atoms with Gasteiger partial charge in [-0.25, -0.2) is 23.9 Å². The molecule has 6 atom stereocenters. The molecule has 0 bridgehead atoms. The van der Waals surface area contributed by atoms with Gasteiger partial charge in [0.2, 0.25) is 0 Å². The van der Waals surface area contributed by atoms with Gasteiger partial charge in [-0.1, -0.05) is 36.4 Å². The number of aryl methyl sites for hydroxylation is 1. The van der Waals surface area contributed by atoms with Gasteiger partial charge in [0.1, 0.15) is 29.3 Å². The molecule has 46 heavy (non-hydrogen) atoms. The lowest BCUT2D eigenvalue weighted by Gasteiger charge is -2.31. The van der Waals surface area contributed by atoms with Crippen LogP contribution in [0.5, 0.6) is 5.75 Å². The highest BCUT2D eigenvalue weighted by molar-refractivity contribution is 7.52. The van der Waals surface area contributed by atoms with Crippen LogP contribution in [0.25, 0.3) is 21.9 Å². The minimum Gasteiger partial charge on any atom is -0.462 e. The SMILES string of the molecule is Cc1nc(N(C)C)c2ncn([C@@H]3O[C@](CCl)(CO[P@](=O)(N[C@H](C)C(=O)OC(C)C)Oc4cccc5ccccc45)[C@@H](O)[C@@H]3F)c2n1. The van der Waals surface area contributed by atoms with E-state index in [1.165, 1.54) is 17.8 Å². The number of anilines is 1. The number of nitrogens with one attached hydrogen (secondary N) is 1. The van der Waals surface area contributed by atoms with Gasteiger partial charge in [0.25, 0.3) is 0 Å². The molecule has 13 nitrogen and oxygen atoms in total. The molecular formula is C30H37ClFN6O7P. The third-order valence-corrected chi connectivity index (χ3v) is 9.47. The van der Waals surface area contributed by atoms with Gasteiger partial charge in [-0.05, 0) is 39.1 Å². The first-order valence-electron chi connectivity index (χ1n) is 14.6. The van der Waals surface area contributed by atoms with E-state index in [0.717, 1.165) is 5.39 Å². The zero-order chi connectivity index (χ0) is 33.4. The Hall–Kier alpha value is -3.39. The normalized spacial score (nSPS) is 23.5. The van der Waals surface area contributed by atoms with Gasteiger partial charge in [-0.3, -0.25) is 13.9 Å². The highest BCUT2D eigenvalue weighted by Crippen LogP contribution is 2.50. The van der Waals surface area contributed by atoms with Crippen LogP contribution in [0.4, 0.5) is 10.2 Å². The summed E-state index contributed by atoms with van der Waals surface area (Å²) in [6, 6.07) is 11.3. The number of imidazole rings is 1. The van der Waals surface area contributed by atoms with E-state index in [9.17, 15) is 14.5 Å². The van der Waals surface area contributed by atoms with Crippen LogP contribution in [0.1, 0.15) is 32.8 Å². The van der Waals surface area contributed by atoms with Gasteiger partial charge in [0.05, 0.1) is 24.9 Å². The van der Waals surface area contributed by atoms with E-state index < -0.39 is 62.5 Å². The molecule has 0 aliphatic carbocycles. The molecule has 0 spiro atoms. The zero-order valence-electron chi connectivity index (χ0n) is 26.3. The van der Waals surface area contributed by atoms with Crippen LogP contribution in [0.3, 0.4) is 0 Å². The fraction of sp³-hybridized carbons (Fsp3) is 0.467. The standard InChI is InChI=1S/C30H37ClFN6O7P/c1-17(2)43-29(40)18(3)36-46(41,45-22-13-9-11-20-10-7-8-12-21(20)22)42-15-30(14-31)25(39)23(32)28(44-30)38-16-33-24-26(37(5)6)34-19(4)35-27(24)38/h7-13,16-18,23,25,28,39H,14-15H2,1-6H3,(H,36,41)/t18-,23+,25+,28-,30-,46-/m1/s1. The second-order valence-electron chi connectivity index (χ2n) is 11.6. The van der Waals surface area contributed by atoms with Crippen molar-refractivity contribution in [1.82, 2.24) is 24.6 Å². The molecule has 0 amide bonds. The summed E-state index contributed by atoms with van der Waals surface area (Å²) < 4.78 is 54.8. The Morgan fingerprint density at radius 2 is 1.93 bits per heavy atom. The van der Waals surface area contributed by atoms with Crippen molar-refractivity contribution in [3.8, 4) is 5.75 Å². The van der Waals surface area contributed by atoms with E-state index in [-0.39, 0.29) is 11.4 Å². The van der Waals surface area contributed by atoms with E-state index in [1.54, 1.807) is 64.0 Å². The predicted molar refractivity (Wildman–Crippen MR) is 171 cm³/mol. The molecule has 1 saturated heterocycles. The first-order chi connectivity index (χ1) is 21.8. The number of hydrogen-bond donors (Lipinski definition) is 2. The summed E-state index contributed by atoms with van der Waals surface area (Å²) in [6.45, 7) is 5.81. The number of ether oxygens (including phenoxy) is 2. The summed E-state index contributed by atoms with van der Waals surface area (Å²) >= 11 is 6.33. The summed E-state index contributed by atoms with van der Waals surface area (Å²) in [5.41, 5.74) is -1.21. The van der Waals surface area contributed by atoms with Crippen molar-refractivity contribution in [3.63, 3.8) is 0 Å². The number of carbonyl (C=O) groups is 1. The van der Waals surface area contributed by atoms with Crippen LogP contribution in [0.15, 0.2) is 48.8 Å². The van der Waals surface area contributed by atoms with Crippen molar-refractivity contribution in [2.45, 2.75) is 63.9 Å². The Labute approximate surface area is 270 Å². The van der Waals surface area contributed by atoms with Gasteiger partial charge >= 0.3 is 13.7 Å². The minimum atomic E-state index is -4.46. The molecule has 0 radical (unpaired) electrons. The number of aromatic nitrogens is 4. The molecule has 1 aliphatic heterocycles. The van der Waals surface area contributed by atoms with Crippen LogP contribution in [-0.4, -0.2) is 87.2 Å². The Morgan fingerprint density at radius 1 is 1.22 bits per heavy atom. The van der Waals surface area contributed by atoms with Gasteiger partial charge in [-0.2, -0.15) is 5.09 Å². The van der Waals surface area contributed by atoms with Crippen LogP contribution < -0.4 is 14.5 Å². The van der Waals surface area contributed by atoms with Gasteiger partial charge < -0.3 is 24.0 Å². The van der Waals surface area contributed by atoms with Crippen molar-refractivity contribution in [2.75, 3.05) is 31.5 Å². The van der Waals surface area contributed by atoms with Crippen molar-refractivity contribution in [1.29, 1.82) is 0 Å². The first kappa shape index (κ1) is 34.0. The number of benzene rings is 2. The minimum absolute atomic E-state index is 0.198. The van der Waals surface area contributed by atoms with Crippen LogP contribution in [-0.2, 0) is 23.4 Å². The average molecular weight is 679 g/mol. The van der Waals surface area contributed by atoms with Gasteiger partial charge in [-0.15, -0.1) is 11.6 Å². The maximum atomic E-state index is 15.9. The molecule has 4 aromatic rings. The van der Waals surface area contributed by atoms with Crippen molar-refractivity contribution in [2.24, 2.45) is 0 Å². The number of alkyl halides is 2. The quantitative estimate of drug-likeness (QED) is 0.122. The molecule has 2 N–H and O–H groups in total. The summed E-state index contributed by atoms with van der Waals surface area (Å²) in [5.74, 6) is -0.0151. The lowest BCUT2D eigenvalue weighted by molar-refractivity contribution is -0.149. The Balaban J connectivity index is 1.46. The van der Waals surface area contributed by atoms with E-state index in [4.69, 9.17) is 30.1 Å². The van der Waals surface area contributed by atoms with Crippen LogP contribution in [0, 0.1) is 6.92 Å². The number of aliphatic hydroxyl groups is 1. The monoisotopic (exact) mass is 678 g/mol. The largest absolute Gasteiger partial charge is 0.462 e. The van der Waals surface area contributed by atoms with Crippen LogP contribution in [0.2, 0.25) is 0 Å². The lowest BCUT2D eigenvalue weighted by Crippen LogP contribution is -2.48. The van der Waals surface area contributed by atoms with E-state index >= 15 is 4.39 Å². The number of carbonyl (C=O) groups excluding carboxylic acids is 1. The molecular weight excluding hydrogens is 642 g/mol. The fourth-order valence-electron chi connectivity index (χ4n) is 5.12. The first-order valence-corrected chi connectivity index (χ1v) is 16.7. The van der Waals surface area contributed by atoms with Gasteiger partial charge in [0, 0.05) is 19.5 Å². The predicted octanol–water partition coefficient (Wildman–Crippen LogP) is 4.69. The second-order valence-corrected chi connectivity index (χ2v) is 13.5. The third-order valence-electron chi connectivity index (χ3n) is 7.41. The van der Waals surface area contributed by atoms with E-state index in [0.29, 0.717) is 22.5 Å². The Bertz CT molecular complexity index is 1770. The number of nitrogens with zero attached hydrogens (tertiary/aromatic N) is 5. The second kappa shape index (κ2) is 13.4. The fourth-order valence-corrected chi connectivity index (χ4v) is 6.98. The molecule has 2 aromatic heterocycles. The van der Waals surface area contributed by atoms with E-state index in [1.807, 2.05) is 18.2 Å². The molecule has 248 valence electrons. The number of halogens is 2. The average Bonchev–Trinajstić information content (AvgIpc) is 3.53. The van der Waals surface area contributed by atoms with Crippen molar-refractivity contribution in [3.05, 3.63) is 54.6 Å². The highest BCUT2D eigenvalue weighted by atomic mass is 35.5. The number of esters is 1. The van der Waals surface area contributed by atoms with Crippen molar-refractivity contribution < 1.29 is 37.4 Å². The maximum Gasteiger partial charge on any atom is 0.459 e. The summed E-state index contributed by atoms with van der Waals surface area (Å²) in [7, 11) is -0.882. The Morgan fingerprint density at radius 3 is 2.63 bits per heavy atom. The molecule has 0 saturated carbocycles. The summed E-state index contributed by atoms with van der Waals surface area (Å²) in [4.78, 5) is 27.6. The summed E-state index contributed by atoms with van der Waals surface area (Å²) in [6.07, 6.45) is -4.34. The number of fused-ring (bicyclic) bond motifs is 2. The maximum absolute atomic E-state index is 15.9. The molecule has 1 fully saturated rings. The molecule has 5 rings (SSSR count). The Kier molecular flexibility index (Phi) is 9.88. The number of rotatable bonds is 12. The zero-order valence-corrected chi connectivity index (χ0v) is 27.9. The number of aliphatic hydroxyl groups excluding tert-OH is 1. The van der Waals surface area contributed by atoms with E-state index in [2.05, 4.69) is 20.0 Å².